The number of hydrogen-bond acceptors (Lipinski definition) is 6. The Labute approximate surface area is 184 Å². The monoisotopic (exact) mass is 423 g/mol. The molecule has 0 spiro atoms. The molecule has 6 nitrogen and oxygen atoms in total. The molecule has 6 heteroatoms. The first-order valence-electron chi connectivity index (χ1n) is 10.9. The molecule has 31 heavy (non-hydrogen) atoms. The molecule has 0 atom stereocenters. The second kappa shape index (κ2) is 11.0. The van der Waals surface area contributed by atoms with Crippen molar-refractivity contribution in [1.82, 2.24) is 9.88 Å². The lowest BCUT2D eigenvalue weighted by atomic mass is 10.1. The molecule has 0 aliphatic rings. The quantitative estimate of drug-likeness (QED) is 0.428. The summed E-state index contributed by atoms with van der Waals surface area (Å²) in [6, 6.07) is 11.7. The molecule has 2 aromatic carbocycles. The molecule has 0 unspecified atom stereocenters. The maximum absolute atomic E-state index is 9.57. The molecule has 0 bridgehead atoms. The van der Waals surface area contributed by atoms with E-state index in [0.717, 1.165) is 59.5 Å². The van der Waals surface area contributed by atoms with Crippen molar-refractivity contribution < 1.29 is 14.6 Å². The van der Waals surface area contributed by atoms with Crippen LogP contribution in [0.25, 0.3) is 10.9 Å². The van der Waals surface area contributed by atoms with E-state index in [1.54, 1.807) is 13.3 Å². The van der Waals surface area contributed by atoms with Crippen molar-refractivity contribution in [3.8, 4) is 11.5 Å². The highest BCUT2D eigenvalue weighted by Gasteiger charge is 2.12. The Balaban J connectivity index is 1.86. The van der Waals surface area contributed by atoms with Crippen LogP contribution < -0.4 is 14.8 Å². The Bertz CT molecular complexity index is 1000. The number of pyridine rings is 1. The molecule has 0 saturated carbocycles. The molecular formula is C25H33N3O3. The summed E-state index contributed by atoms with van der Waals surface area (Å²) in [6.07, 6.45) is 2.73. The normalized spacial score (nSPS) is 11.2. The summed E-state index contributed by atoms with van der Waals surface area (Å²) in [5.74, 6) is 1.39. The zero-order valence-electron chi connectivity index (χ0n) is 18.9. The summed E-state index contributed by atoms with van der Waals surface area (Å²) in [5.41, 5.74) is 4.64. The fourth-order valence-corrected chi connectivity index (χ4v) is 3.68. The molecule has 0 radical (unpaired) electrons. The molecule has 1 aromatic heterocycles. The highest BCUT2D eigenvalue weighted by atomic mass is 16.5. The van der Waals surface area contributed by atoms with Gasteiger partial charge in [0.15, 0.2) is 11.5 Å². The maximum Gasteiger partial charge on any atom is 0.162 e. The zero-order chi connectivity index (χ0) is 22.2. The Hall–Kier alpha value is -2.83. The number of aromatic nitrogens is 1. The molecule has 2 N–H and O–H groups in total. The standard InChI is InChI=1S/C25H33N3O3/c1-5-28(6-2)13-8-14-31-25-15-20-22(11-12-26-23(20)16-24(25)30-4)27-21-10-7-9-19(17-29)18(21)3/h7,9-12,15-16,29H,5-6,8,13-14,17H2,1-4H3,(H,26,27). The van der Waals surface area contributed by atoms with Crippen molar-refractivity contribution >= 4 is 22.3 Å². The van der Waals surface area contributed by atoms with Gasteiger partial charge in [-0.15, -0.1) is 0 Å². The first kappa shape index (κ1) is 22.8. The predicted molar refractivity (Wildman–Crippen MR) is 127 cm³/mol. The van der Waals surface area contributed by atoms with E-state index in [9.17, 15) is 5.11 Å². The minimum atomic E-state index is 0.0150. The van der Waals surface area contributed by atoms with E-state index in [1.807, 2.05) is 43.3 Å². The van der Waals surface area contributed by atoms with Crippen LogP contribution in [0.15, 0.2) is 42.6 Å². The number of ether oxygens (including phenoxy) is 2. The smallest absolute Gasteiger partial charge is 0.162 e. The molecule has 0 saturated heterocycles. The molecule has 166 valence electrons. The van der Waals surface area contributed by atoms with Crippen LogP contribution >= 0.6 is 0 Å². The number of anilines is 2. The SMILES string of the molecule is CCN(CC)CCCOc1cc2c(Nc3cccc(CO)c3C)ccnc2cc1OC. The van der Waals surface area contributed by atoms with Gasteiger partial charge in [0.25, 0.3) is 0 Å². The van der Waals surface area contributed by atoms with Gasteiger partial charge in [0, 0.05) is 35.6 Å². The number of nitrogens with one attached hydrogen (secondary N) is 1. The fourth-order valence-electron chi connectivity index (χ4n) is 3.68. The van der Waals surface area contributed by atoms with Crippen LogP contribution in [0, 0.1) is 6.92 Å². The minimum absolute atomic E-state index is 0.0150. The number of aliphatic hydroxyl groups is 1. The van der Waals surface area contributed by atoms with Gasteiger partial charge in [-0.1, -0.05) is 26.0 Å². The minimum Gasteiger partial charge on any atom is -0.493 e. The second-order valence-electron chi connectivity index (χ2n) is 7.48. The Morgan fingerprint density at radius 2 is 1.87 bits per heavy atom. The van der Waals surface area contributed by atoms with Gasteiger partial charge in [0.2, 0.25) is 0 Å². The molecule has 3 aromatic rings. The van der Waals surface area contributed by atoms with Gasteiger partial charge < -0.3 is 24.8 Å². The average molecular weight is 424 g/mol. The first-order valence-corrected chi connectivity index (χ1v) is 10.9. The Kier molecular flexibility index (Phi) is 8.09. The number of aliphatic hydroxyl groups excluding tert-OH is 1. The summed E-state index contributed by atoms with van der Waals surface area (Å²) in [5, 5.41) is 14.0. The number of hydrogen-bond donors (Lipinski definition) is 2. The second-order valence-corrected chi connectivity index (χ2v) is 7.48. The lowest BCUT2D eigenvalue weighted by Crippen LogP contribution is -2.25. The Morgan fingerprint density at radius 3 is 2.58 bits per heavy atom. The van der Waals surface area contributed by atoms with Crippen molar-refractivity contribution in [2.45, 2.75) is 33.8 Å². The number of rotatable bonds is 11. The van der Waals surface area contributed by atoms with Crippen molar-refractivity contribution in [3.63, 3.8) is 0 Å². The van der Waals surface area contributed by atoms with Crippen molar-refractivity contribution in [1.29, 1.82) is 0 Å². The predicted octanol–water partition coefficient (Wildman–Crippen LogP) is 4.90. The van der Waals surface area contributed by atoms with Crippen molar-refractivity contribution in [3.05, 3.63) is 53.7 Å². The van der Waals surface area contributed by atoms with Crippen LogP contribution in [0.2, 0.25) is 0 Å². The summed E-state index contributed by atoms with van der Waals surface area (Å²) in [6.45, 7) is 10.1. The van der Waals surface area contributed by atoms with Crippen molar-refractivity contribution in [2.24, 2.45) is 0 Å². The molecule has 0 amide bonds. The average Bonchev–Trinajstić information content (AvgIpc) is 2.80. The van der Waals surface area contributed by atoms with Gasteiger partial charge >= 0.3 is 0 Å². The van der Waals surface area contributed by atoms with E-state index < -0.39 is 0 Å². The van der Waals surface area contributed by atoms with Gasteiger partial charge in [0.1, 0.15) is 0 Å². The van der Waals surface area contributed by atoms with E-state index in [-0.39, 0.29) is 6.61 Å². The van der Waals surface area contributed by atoms with Crippen LogP contribution in [0.4, 0.5) is 11.4 Å². The van der Waals surface area contributed by atoms with Gasteiger partial charge in [0.05, 0.1) is 25.8 Å². The maximum atomic E-state index is 9.57. The summed E-state index contributed by atoms with van der Waals surface area (Å²) in [4.78, 5) is 6.89. The molecule has 1 heterocycles. The van der Waals surface area contributed by atoms with Crippen LogP contribution in [-0.4, -0.2) is 48.3 Å². The van der Waals surface area contributed by atoms with E-state index in [2.05, 4.69) is 29.0 Å². The summed E-state index contributed by atoms with van der Waals surface area (Å²) in [7, 11) is 1.65. The summed E-state index contributed by atoms with van der Waals surface area (Å²) < 4.78 is 11.7. The topological polar surface area (TPSA) is 66.9 Å². The molecular weight excluding hydrogens is 390 g/mol. The number of methoxy groups -OCH3 is 1. The fraction of sp³-hybridized carbons (Fsp3) is 0.400. The van der Waals surface area contributed by atoms with E-state index >= 15 is 0 Å². The third-order valence-corrected chi connectivity index (χ3v) is 5.68. The third-order valence-electron chi connectivity index (χ3n) is 5.68. The van der Waals surface area contributed by atoms with Gasteiger partial charge in [-0.2, -0.15) is 0 Å². The lowest BCUT2D eigenvalue weighted by Gasteiger charge is -2.18. The highest BCUT2D eigenvalue weighted by Crippen LogP contribution is 2.36. The molecule has 0 aliphatic carbocycles. The zero-order valence-corrected chi connectivity index (χ0v) is 18.9. The molecule has 0 fully saturated rings. The summed E-state index contributed by atoms with van der Waals surface area (Å²) >= 11 is 0. The number of benzene rings is 2. The van der Waals surface area contributed by atoms with Gasteiger partial charge in [-0.05, 0) is 55.8 Å². The largest absolute Gasteiger partial charge is 0.493 e. The lowest BCUT2D eigenvalue weighted by molar-refractivity contribution is 0.243. The van der Waals surface area contributed by atoms with Gasteiger partial charge in [-0.3, -0.25) is 4.98 Å². The van der Waals surface area contributed by atoms with Crippen LogP contribution in [0.3, 0.4) is 0 Å². The number of nitrogens with zero attached hydrogens (tertiary/aromatic N) is 2. The van der Waals surface area contributed by atoms with Crippen LogP contribution in [0.5, 0.6) is 11.5 Å². The van der Waals surface area contributed by atoms with Crippen LogP contribution in [-0.2, 0) is 6.61 Å². The molecule has 3 rings (SSSR count). The van der Waals surface area contributed by atoms with Crippen LogP contribution in [0.1, 0.15) is 31.4 Å². The van der Waals surface area contributed by atoms with E-state index in [0.29, 0.717) is 18.1 Å². The van der Waals surface area contributed by atoms with E-state index in [1.165, 1.54) is 0 Å². The first-order chi connectivity index (χ1) is 15.1. The van der Waals surface area contributed by atoms with Gasteiger partial charge in [-0.25, -0.2) is 0 Å². The van der Waals surface area contributed by atoms with E-state index in [4.69, 9.17) is 9.47 Å². The highest BCUT2D eigenvalue weighted by molar-refractivity contribution is 5.95. The van der Waals surface area contributed by atoms with Crippen molar-refractivity contribution in [2.75, 3.05) is 38.7 Å². The third kappa shape index (κ3) is 5.46. The molecule has 0 aliphatic heterocycles. The Morgan fingerprint density at radius 1 is 1.06 bits per heavy atom. The number of fused-ring (bicyclic) bond motifs is 1.